The number of benzene rings is 1. The first-order valence-corrected chi connectivity index (χ1v) is 7.11. The number of esters is 1. The summed E-state index contributed by atoms with van der Waals surface area (Å²) in [6.45, 7) is 0.323. The number of aryl methyl sites for hydroxylation is 1. The van der Waals surface area contributed by atoms with Gasteiger partial charge in [-0.15, -0.1) is 0 Å². The maximum Gasteiger partial charge on any atom is 0.309 e. The molecule has 0 unspecified atom stereocenters. The summed E-state index contributed by atoms with van der Waals surface area (Å²) in [6.07, 6.45) is 8.49. The number of aromatic nitrogens is 2. The standard InChI is InChI=1S/C17H18N2O2/c1-19-12-14(11-18-19)15-10-16(15)17(20)21-9-5-8-13-6-3-2-4-7-13/h2-8,11-12,15-16H,9-10H2,1H3/b8-5+/t15-,16+/m0/s1. The van der Waals surface area contributed by atoms with Crippen LogP contribution in [0.15, 0.2) is 48.8 Å². The van der Waals surface area contributed by atoms with Gasteiger partial charge < -0.3 is 4.74 Å². The topological polar surface area (TPSA) is 44.1 Å². The minimum absolute atomic E-state index is 0.000625. The van der Waals surface area contributed by atoms with Crippen molar-refractivity contribution < 1.29 is 9.53 Å². The van der Waals surface area contributed by atoms with E-state index in [4.69, 9.17) is 4.74 Å². The van der Waals surface area contributed by atoms with Crippen LogP contribution in [0.5, 0.6) is 0 Å². The van der Waals surface area contributed by atoms with Gasteiger partial charge in [0.1, 0.15) is 6.61 Å². The lowest BCUT2D eigenvalue weighted by molar-refractivity contribution is -0.144. The van der Waals surface area contributed by atoms with Crippen molar-refractivity contribution in [3.63, 3.8) is 0 Å². The molecular formula is C17H18N2O2. The van der Waals surface area contributed by atoms with Crippen LogP contribution in [-0.4, -0.2) is 22.4 Å². The van der Waals surface area contributed by atoms with E-state index in [1.807, 2.05) is 61.9 Å². The Balaban J connectivity index is 1.45. The first-order chi connectivity index (χ1) is 10.2. The van der Waals surface area contributed by atoms with Crippen LogP contribution in [0.2, 0.25) is 0 Å². The van der Waals surface area contributed by atoms with Crippen molar-refractivity contribution in [2.45, 2.75) is 12.3 Å². The van der Waals surface area contributed by atoms with Gasteiger partial charge in [-0.25, -0.2) is 0 Å². The number of carbonyl (C=O) groups is 1. The molecule has 1 aliphatic rings. The number of carbonyl (C=O) groups excluding carboxylic acids is 1. The second-order valence-electron chi connectivity index (χ2n) is 5.34. The van der Waals surface area contributed by atoms with E-state index in [1.54, 1.807) is 4.68 Å². The Morgan fingerprint density at radius 2 is 2.24 bits per heavy atom. The van der Waals surface area contributed by atoms with Crippen LogP contribution < -0.4 is 0 Å². The predicted molar refractivity (Wildman–Crippen MR) is 80.5 cm³/mol. The van der Waals surface area contributed by atoms with E-state index in [0.717, 1.165) is 17.5 Å². The lowest BCUT2D eigenvalue weighted by atomic mass is 10.2. The molecule has 2 aromatic rings. The minimum Gasteiger partial charge on any atom is -0.461 e. The Kier molecular flexibility index (Phi) is 3.86. The molecule has 0 aliphatic heterocycles. The first-order valence-electron chi connectivity index (χ1n) is 7.11. The van der Waals surface area contributed by atoms with Crippen molar-refractivity contribution in [2.75, 3.05) is 6.61 Å². The molecule has 2 atom stereocenters. The average molecular weight is 282 g/mol. The molecule has 1 saturated carbocycles. The lowest BCUT2D eigenvalue weighted by Gasteiger charge is -2.00. The Hall–Kier alpha value is -2.36. The molecule has 108 valence electrons. The van der Waals surface area contributed by atoms with Crippen molar-refractivity contribution in [3.8, 4) is 0 Å². The molecule has 0 saturated heterocycles. The van der Waals surface area contributed by atoms with Crippen LogP contribution >= 0.6 is 0 Å². The summed E-state index contributed by atoms with van der Waals surface area (Å²) in [5, 5.41) is 4.13. The molecule has 0 amide bonds. The van der Waals surface area contributed by atoms with Crippen LogP contribution in [0.1, 0.15) is 23.5 Å². The SMILES string of the molecule is Cn1cc([C@@H]2C[C@H]2C(=O)OC/C=C/c2ccccc2)cn1. The lowest BCUT2D eigenvalue weighted by Crippen LogP contribution is -2.07. The zero-order valence-corrected chi connectivity index (χ0v) is 12.0. The molecule has 0 bridgehead atoms. The van der Waals surface area contributed by atoms with Crippen molar-refractivity contribution in [1.29, 1.82) is 0 Å². The van der Waals surface area contributed by atoms with E-state index in [9.17, 15) is 4.79 Å². The van der Waals surface area contributed by atoms with Crippen LogP contribution in [0.4, 0.5) is 0 Å². The fourth-order valence-electron chi connectivity index (χ4n) is 2.44. The van der Waals surface area contributed by atoms with Gasteiger partial charge in [0.25, 0.3) is 0 Å². The number of nitrogens with zero attached hydrogens (tertiary/aromatic N) is 2. The van der Waals surface area contributed by atoms with Gasteiger partial charge in [-0.3, -0.25) is 9.48 Å². The summed E-state index contributed by atoms with van der Waals surface area (Å²) in [4.78, 5) is 11.9. The zero-order chi connectivity index (χ0) is 14.7. The Morgan fingerprint density at radius 3 is 2.95 bits per heavy atom. The van der Waals surface area contributed by atoms with E-state index in [0.29, 0.717) is 6.61 Å². The van der Waals surface area contributed by atoms with Crippen LogP contribution in [0.3, 0.4) is 0 Å². The molecule has 3 rings (SSSR count). The smallest absolute Gasteiger partial charge is 0.309 e. The average Bonchev–Trinajstić information content (AvgIpc) is 3.19. The van der Waals surface area contributed by atoms with Crippen molar-refractivity contribution >= 4 is 12.0 Å². The molecule has 21 heavy (non-hydrogen) atoms. The van der Waals surface area contributed by atoms with Gasteiger partial charge in [-0.2, -0.15) is 5.10 Å². The highest BCUT2D eigenvalue weighted by Crippen LogP contribution is 2.47. The molecule has 0 N–H and O–H groups in total. The van der Waals surface area contributed by atoms with Crippen molar-refractivity contribution in [3.05, 3.63) is 59.9 Å². The number of ether oxygens (including phenoxy) is 1. The minimum atomic E-state index is -0.110. The summed E-state index contributed by atoms with van der Waals surface area (Å²) < 4.78 is 7.06. The molecule has 1 fully saturated rings. The molecule has 1 aliphatic carbocycles. The van der Waals surface area contributed by atoms with Gasteiger partial charge in [0, 0.05) is 19.2 Å². The van der Waals surface area contributed by atoms with E-state index in [1.165, 1.54) is 0 Å². The summed E-state index contributed by atoms with van der Waals surface area (Å²) in [6, 6.07) is 9.96. The van der Waals surface area contributed by atoms with Crippen LogP contribution in [0, 0.1) is 5.92 Å². The third-order valence-corrected chi connectivity index (χ3v) is 3.68. The maximum absolute atomic E-state index is 11.9. The predicted octanol–water partition coefficient (Wildman–Crippen LogP) is 2.78. The summed E-state index contributed by atoms with van der Waals surface area (Å²) in [7, 11) is 1.88. The largest absolute Gasteiger partial charge is 0.461 e. The van der Waals surface area contributed by atoms with Crippen molar-refractivity contribution in [2.24, 2.45) is 13.0 Å². The highest BCUT2D eigenvalue weighted by Gasteiger charge is 2.45. The molecule has 1 aromatic heterocycles. The molecular weight excluding hydrogens is 264 g/mol. The molecule has 0 spiro atoms. The fraction of sp³-hybridized carbons (Fsp3) is 0.294. The van der Waals surface area contributed by atoms with Crippen LogP contribution in [0.25, 0.3) is 6.08 Å². The molecule has 4 heteroatoms. The monoisotopic (exact) mass is 282 g/mol. The Labute approximate surface area is 124 Å². The fourth-order valence-corrected chi connectivity index (χ4v) is 2.44. The second kappa shape index (κ2) is 5.95. The highest BCUT2D eigenvalue weighted by atomic mass is 16.5. The number of hydrogen-bond acceptors (Lipinski definition) is 3. The summed E-state index contributed by atoms with van der Waals surface area (Å²) in [5.74, 6) is 0.171. The Bertz CT molecular complexity index is 646. The molecule has 0 radical (unpaired) electrons. The Morgan fingerprint density at radius 1 is 1.43 bits per heavy atom. The zero-order valence-electron chi connectivity index (χ0n) is 12.0. The van der Waals surface area contributed by atoms with Crippen LogP contribution in [-0.2, 0) is 16.6 Å². The summed E-state index contributed by atoms with van der Waals surface area (Å²) >= 11 is 0. The van der Waals surface area contributed by atoms with E-state index in [2.05, 4.69) is 5.10 Å². The van der Waals surface area contributed by atoms with Gasteiger partial charge in [0.05, 0.1) is 12.1 Å². The van der Waals surface area contributed by atoms with E-state index in [-0.39, 0.29) is 17.8 Å². The third kappa shape index (κ3) is 3.40. The number of rotatable bonds is 5. The number of hydrogen-bond donors (Lipinski definition) is 0. The normalized spacial score (nSPS) is 20.6. The van der Waals surface area contributed by atoms with Gasteiger partial charge in [-0.1, -0.05) is 36.4 Å². The first kappa shape index (κ1) is 13.6. The summed E-state index contributed by atoms with van der Waals surface area (Å²) in [5.41, 5.74) is 2.23. The van der Waals surface area contributed by atoms with Crippen molar-refractivity contribution in [1.82, 2.24) is 9.78 Å². The third-order valence-electron chi connectivity index (χ3n) is 3.68. The van der Waals surface area contributed by atoms with Gasteiger partial charge in [0.15, 0.2) is 0 Å². The quantitative estimate of drug-likeness (QED) is 0.792. The second-order valence-corrected chi connectivity index (χ2v) is 5.34. The van der Waals surface area contributed by atoms with E-state index >= 15 is 0 Å². The van der Waals surface area contributed by atoms with E-state index < -0.39 is 0 Å². The molecule has 1 aromatic carbocycles. The maximum atomic E-state index is 11.9. The van der Waals surface area contributed by atoms with Gasteiger partial charge in [0.2, 0.25) is 0 Å². The molecule has 4 nitrogen and oxygen atoms in total. The van der Waals surface area contributed by atoms with Gasteiger partial charge >= 0.3 is 5.97 Å². The van der Waals surface area contributed by atoms with Gasteiger partial charge in [-0.05, 0) is 23.6 Å². The highest BCUT2D eigenvalue weighted by molar-refractivity contribution is 5.77. The molecule has 1 heterocycles.